The molecule has 2 amide bonds. The van der Waals surface area contributed by atoms with Crippen molar-refractivity contribution in [2.45, 2.75) is 59.2 Å². The van der Waals surface area contributed by atoms with Crippen LogP contribution in [0.15, 0.2) is 12.1 Å². The Morgan fingerprint density at radius 3 is 2.61 bits per heavy atom. The lowest BCUT2D eigenvalue weighted by atomic mass is 9.85. The van der Waals surface area contributed by atoms with E-state index in [9.17, 15) is 9.59 Å². The zero-order valence-electron chi connectivity index (χ0n) is 17.1. The summed E-state index contributed by atoms with van der Waals surface area (Å²) in [5.41, 5.74) is 5.72. The topological polar surface area (TPSA) is 97.5 Å². The fraction of sp³-hybridized carbons (Fsp3) is 0.524. The molecule has 1 saturated carbocycles. The summed E-state index contributed by atoms with van der Waals surface area (Å²) >= 11 is 0. The Labute approximate surface area is 165 Å². The van der Waals surface area contributed by atoms with Gasteiger partial charge in [0.1, 0.15) is 0 Å². The van der Waals surface area contributed by atoms with Gasteiger partial charge in [0.2, 0.25) is 0 Å². The largest absolute Gasteiger partial charge is 0.480 e. The molecular weight excluding hydrogens is 356 g/mol. The summed E-state index contributed by atoms with van der Waals surface area (Å²) in [6.07, 6.45) is 1.58. The number of aryl methyl sites for hydroxylation is 3. The van der Waals surface area contributed by atoms with Gasteiger partial charge in [-0.2, -0.15) is 0 Å². The van der Waals surface area contributed by atoms with Gasteiger partial charge in [-0.1, -0.05) is 18.6 Å². The Morgan fingerprint density at radius 1 is 1.25 bits per heavy atom. The average Bonchev–Trinajstić information content (AvgIpc) is 2.88. The molecule has 0 unspecified atom stereocenters. The third kappa shape index (κ3) is 4.30. The van der Waals surface area contributed by atoms with E-state index >= 15 is 0 Å². The van der Waals surface area contributed by atoms with Crippen molar-refractivity contribution in [1.29, 1.82) is 0 Å². The summed E-state index contributed by atoms with van der Waals surface area (Å²) < 4.78 is 0. The van der Waals surface area contributed by atoms with Gasteiger partial charge in [0.15, 0.2) is 0 Å². The van der Waals surface area contributed by atoms with Crippen LogP contribution in [0.25, 0.3) is 10.9 Å². The van der Waals surface area contributed by atoms with E-state index < -0.39 is 5.97 Å². The van der Waals surface area contributed by atoms with Gasteiger partial charge in [0, 0.05) is 29.7 Å². The van der Waals surface area contributed by atoms with Gasteiger partial charge in [-0.25, -0.2) is 4.79 Å². The summed E-state index contributed by atoms with van der Waals surface area (Å²) in [6.45, 7) is 9.41. The van der Waals surface area contributed by atoms with E-state index in [4.69, 9.17) is 5.11 Å². The quantitative estimate of drug-likeness (QED) is 0.588. The van der Waals surface area contributed by atoms with Crippen LogP contribution in [0, 0.1) is 20.8 Å². The zero-order chi connectivity index (χ0) is 20.4. The number of H-pyrrole nitrogens is 1. The van der Waals surface area contributed by atoms with Gasteiger partial charge in [-0.15, -0.1) is 0 Å². The van der Waals surface area contributed by atoms with Crippen LogP contribution in [-0.4, -0.2) is 52.2 Å². The SMILES string of the molecule is CCN(CC(=O)O)C1CC(NC(=O)NCc2cc(C)cc3c(C)c(C)[nH]c23)C1. The maximum absolute atomic E-state index is 12.3. The number of urea groups is 1. The second kappa shape index (κ2) is 8.22. The van der Waals surface area contributed by atoms with Crippen LogP contribution in [0.4, 0.5) is 4.79 Å². The third-order valence-electron chi connectivity index (χ3n) is 5.79. The number of amides is 2. The van der Waals surface area contributed by atoms with Gasteiger partial charge in [0.05, 0.1) is 12.1 Å². The summed E-state index contributed by atoms with van der Waals surface area (Å²) in [4.78, 5) is 28.6. The first-order chi connectivity index (χ1) is 13.3. The van der Waals surface area contributed by atoms with E-state index in [0.29, 0.717) is 13.1 Å². The number of aromatic nitrogens is 1. The summed E-state index contributed by atoms with van der Waals surface area (Å²) in [6, 6.07) is 4.41. The van der Waals surface area contributed by atoms with Crippen molar-refractivity contribution in [2.75, 3.05) is 13.1 Å². The zero-order valence-corrected chi connectivity index (χ0v) is 17.1. The molecule has 0 atom stereocenters. The molecule has 0 spiro atoms. The highest BCUT2D eigenvalue weighted by atomic mass is 16.4. The second-order valence-corrected chi connectivity index (χ2v) is 7.83. The number of aliphatic carboxylic acids is 1. The number of aromatic amines is 1. The fourth-order valence-corrected chi connectivity index (χ4v) is 4.02. The number of carbonyl (C=O) groups is 2. The minimum absolute atomic E-state index is 0.0540. The molecule has 0 radical (unpaired) electrons. The normalized spacial score (nSPS) is 18.9. The highest BCUT2D eigenvalue weighted by Gasteiger charge is 2.34. The minimum atomic E-state index is -0.810. The predicted molar refractivity (Wildman–Crippen MR) is 110 cm³/mol. The van der Waals surface area contributed by atoms with Crippen LogP contribution >= 0.6 is 0 Å². The number of likely N-dealkylation sites (N-methyl/N-ethyl adjacent to an activating group) is 1. The number of nitrogens with zero attached hydrogens (tertiary/aromatic N) is 1. The van der Waals surface area contributed by atoms with Crippen LogP contribution in [0.3, 0.4) is 0 Å². The Hall–Kier alpha value is -2.54. The molecule has 1 heterocycles. The molecule has 0 saturated heterocycles. The first-order valence-corrected chi connectivity index (χ1v) is 9.87. The van der Waals surface area contributed by atoms with Gasteiger partial charge in [-0.05, 0) is 57.4 Å². The lowest BCUT2D eigenvalue weighted by Crippen LogP contribution is -2.56. The Morgan fingerprint density at radius 2 is 1.96 bits per heavy atom. The number of hydrogen-bond donors (Lipinski definition) is 4. The second-order valence-electron chi connectivity index (χ2n) is 7.83. The highest BCUT2D eigenvalue weighted by Crippen LogP contribution is 2.27. The highest BCUT2D eigenvalue weighted by molar-refractivity contribution is 5.88. The van der Waals surface area contributed by atoms with E-state index in [0.717, 1.165) is 29.6 Å². The molecular formula is C21H30N4O3. The summed E-state index contributed by atoms with van der Waals surface area (Å²) in [7, 11) is 0. The van der Waals surface area contributed by atoms with Crippen molar-refractivity contribution in [3.05, 3.63) is 34.5 Å². The average molecular weight is 386 g/mol. The Bertz CT molecular complexity index is 883. The summed E-state index contributed by atoms with van der Waals surface area (Å²) in [5.74, 6) is -0.810. The molecule has 1 aliphatic carbocycles. The number of carboxylic acid groups (broad SMARTS) is 1. The molecule has 1 aliphatic rings. The number of benzene rings is 1. The van der Waals surface area contributed by atoms with E-state index in [1.54, 1.807) is 0 Å². The van der Waals surface area contributed by atoms with Gasteiger partial charge >= 0.3 is 12.0 Å². The van der Waals surface area contributed by atoms with Gasteiger partial charge in [0.25, 0.3) is 0 Å². The number of hydrogen-bond acceptors (Lipinski definition) is 3. The Balaban J connectivity index is 1.53. The van der Waals surface area contributed by atoms with Crippen LogP contribution in [-0.2, 0) is 11.3 Å². The Kier molecular flexibility index (Phi) is 5.93. The number of nitrogens with one attached hydrogen (secondary N) is 3. The van der Waals surface area contributed by atoms with E-state index in [1.807, 2.05) is 11.8 Å². The fourth-order valence-electron chi connectivity index (χ4n) is 4.02. The van der Waals surface area contributed by atoms with Crippen LogP contribution in [0.5, 0.6) is 0 Å². The van der Waals surface area contributed by atoms with Crippen LogP contribution < -0.4 is 10.6 Å². The van der Waals surface area contributed by atoms with Crippen molar-refractivity contribution in [3.63, 3.8) is 0 Å². The van der Waals surface area contributed by atoms with Gasteiger partial charge < -0.3 is 20.7 Å². The monoisotopic (exact) mass is 386 g/mol. The summed E-state index contributed by atoms with van der Waals surface area (Å²) in [5, 5.41) is 16.1. The molecule has 0 bridgehead atoms. The molecule has 1 fully saturated rings. The molecule has 7 heteroatoms. The molecule has 2 aromatic rings. The molecule has 0 aliphatic heterocycles. The van der Waals surface area contributed by atoms with Gasteiger partial charge in [-0.3, -0.25) is 9.69 Å². The van der Waals surface area contributed by atoms with Crippen molar-refractivity contribution in [3.8, 4) is 0 Å². The predicted octanol–water partition coefficient (Wildman–Crippen LogP) is 2.83. The van der Waals surface area contributed by atoms with E-state index in [1.165, 1.54) is 16.5 Å². The third-order valence-corrected chi connectivity index (χ3v) is 5.79. The molecule has 152 valence electrons. The lowest BCUT2D eigenvalue weighted by molar-refractivity contribution is -0.139. The number of carboxylic acids is 1. The van der Waals surface area contributed by atoms with E-state index in [-0.39, 0.29) is 24.7 Å². The number of fused-ring (bicyclic) bond motifs is 1. The molecule has 7 nitrogen and oxygen atoms in total. The molecule has 4 N–H and O–H groups in total. The first kappa shape index (κ1) is 20.2. The van der Waals surface area contributed by atoms with E-state index in [2.05, 4.69) is 48.5 Å². The number of rotatable bonds is 7. The van der Waals surface area contributed by atoms with Crippen molar-refractivity contribution >= 4 is 22.9 Å². The smallest absolute Gasteiger partial charge is 0.317 e. The van der Waals surface area contributed by atoms with Crippen LogP contribution in [0.2, 0.25) is 0 Å². The lowest BCUT2D eigenvalue weighted by Gasteiger charge is -2.42. The van der Waals surface area contributed by atoms with Crippen molar-refractivity contribution in [1.82, 2.24) is 20.5 Å². The molecule has 28 heavy (non-hydrogen) atoms. The maximum Gasteiger partial charge on any atom is 0.317 e. The molecule has 1 aromatic carbocycles. The number of carbonyl (C=O) groups excluding carboxylic acids is 1. The standard InChI is InChI=1S/C21H30N4O3/c1-5-25(11-19(26)27)17-8-16(9-17)24-21(28)22-10-15-6-12(2)7-18-13(3)14(4)23-20(15)18/h6-7,16-17,23H,5,8-11H2,1-4H3,(H,26,27)(H2,22,24,28). The van der Waals surface area contributed by atoms with Crippen LogP contribution in [0.1, 0.15) is 42.1 Å². The first-order valence-electron chi connectivity index (χ1n) is 9.87. The maximum atomic E-state index is 12.3. The molecule has 3 rings (SSSR count). The van der Waals surface area contributed by atoms with Crippen molar-refractivity contribution < 1.29 is 14.7 Å². The molecule has 1 aromatic heterocycles. The van der Waals surface area contributed by atoms with Crippen molar-refractivity contribution in [2.24, 2.45) is 0 Å². The minimum Gasteiger partial charge on any atom is -0.480 e.